The Bertz CT molecular complexity index is 751. The van der Waals surface area contributed by atoms with Crippen molar-refractivity contribution in [3.8, 4) is 0 Å². The van der Waals surface area contributed by atoms with Crippen LogP contribution in [0, 0.1) is 17.3 Å². The molecular weight excluding hydrogens is 328 g/mol. The van der Waals surface area contributed by atoms with Gasteiger partial charge in [0.15, 0.2) is 0 Å². The van der Waals surface area contributed by atoms with Crippen molar-refractivity contribution in [2.45, 2.75) is 70.5 Å². The van der Waals surface area contributed by atoms with E-state index in [4.69, 9.17) is 0 Å². The highest BCUT2D eigenvalue weighted by Crippen LogP contribution is 2.55. The maximum absolute atomic E-state index is 12.9. The number of fused-ring (bicyclic) bond motifs is 2. The largest absolute Gasteiger partial charge is 0.352 e. The predicted molar refractivity (Wildman–Crippen MR) is 96.5 cm³/mol. The van der Waals surface area contributed by atoms with Crippen molar-refractivity contribution < 1.29 is 9.59 Å². The zero-order chi connectivity index (χ0) is 18.1. The van der Waals surface area contributed by atoms with Gasteiger partial charge >= 0.3 is 0 Å². The Morgan fingerprint density at radius 1 is 1.23 bits per heavy atom. The fraction of sp³-hybridized carbons (Fsp3) is 0.750. The molecule has 5 rings (SSSR count). The highest BCUT2D eigenvalue weighted by atomic mass is 16.2. The molecule has 1 aromatic heterocycles. The molecule has 2 amide bonds. The number of amides is 2. The maximum atomic E-state index is 12.9. The summed E-state index contributed by atoms with van der Waals surface area (Å²) in [6.07, 6.45) is 10.1. The van der Waals surface area contributed by atoms with Crippen LogP contribution in [0.5, 0.6) is 0 Å². The Morgan fingerprint density at radius 3 is 2.65 bits per heavy atom. The topological polar surface area (TPSA) is 67.2 Å². The number of nitrogens with one attached hydrogen (secondary N) is 1. The number of hydrogen-bond donors (Lipinski definition) is 1. The van der Waals surface area contributed by atoms with Crippen molar-refractivity contribution in [3.05, 3.63) is 18.0 Å². The summed E-state index contributed by atoms with van der Waals surface area (Å²) in [5.74, 6) is 0.928. The molecule has 6 nitrogen and oxygen atoms in total. The number of aromatic nitrogens is 2. The number of hydrogen-bond acceptors (Lipinski definition) is 3. The summed E-state index contributed by atoms with van der Waals surface area (Å²) in [5.41, 5.74) is 0.831. The van der Waals surface area contributed by atoms with Gasteiger partial charge in [-0.15, -0.1) is 0 Å². The molecule has 2 aliphatic heterocycles. The standard InChI is InChI=1S/C20H28N4O2/c1-20(2)8-16(20)19(26)24-15-5-6-17(24)12(7-15)9-21-18(25)13-10-22-23(11-13)14-3-4-14/h10-12,14-17H,3-9H2,1-2H3,(H,21,25)/t12?,15?,16-,17?/m1/s1. The third-order valence-electron chi connectivity index (χ3n) is 7.04. The lowest BCUT2D eigenvalue weighted by molar-refractivity contribution is -0.134. The molecule has 4 aliphatic rings. The lowest BCUT2D eigenvalue weighted by atomic mass is 9.89. The molecule has 2 bridgehead atoms. The van der Waals surface area contributed by atoms with Crippen molar-refractivity contribution in [1.29, 1.82) is 0 Å². The van der Waals surface area contributed by atoms with Crippen LogP contribution < -0.4 is 5.32 Å². The molecule has 140 valence electrons. The van der Waals surface area contributed by atoms with E-state index in [1.807, 2.05) is 10.9 Å². The highest BCUT2D eigenvalue weighted by molar-refractivity contribution is 5.93. The first-order valence-corrected chi connectivity index (χ1v) is 10.1. The fourth-order valence-electron chi connectivity index (χ4n) is 5.06. The molecule has 0 radical (unpaired) electrons. The van der Waals surface area contributed by atoms with Gasteiger partial charge in [0.05, 0.1) is 17.8 Å². The van der Waals surface area contributed by atoms with Crippen molar-refractivity contribution in [3.63, 3.8) is 0 Å². The van der Waals surface area contributed by atoms with Gasteiger partial charge in [-0.05, 0) is 49.9 Å². The minimum Gasteiger partial charge on any atom is -0.352 e. The van der Waals surface area contributed by atoms with Crippen LogP contribution in [0.25, 0.3) is 0 Å². The molecule has 0 aromatic carbocycles. The van der Waals surface area contributed by atoms with E-state index < -0.39 is 0 Å². The van der Waals surface area contributed by atoms with Crippen LogP contribution in [0.2, 0.25) is 0 Å². The summed E-state index contributed by atoms with van der Waals surface area (Å²) in [6, 6.07) is 1.20. The summed E-state index contributed by atoms with van der Waals surface area (Å²) in [5, 5.41) is 7.38. The predicted octanol–water partition coefficient (Wildman–Crippen LogP) is 2.37. The second kappa shape index (κ2) is 5.57. The average molecular weight is 356 g/mol. The van der Waals surface area contributed by atoms with E-state index in [9.17, 15) is 9.59 Å². The molecule has 1 aromatic rings. The third kappa shape index (κ3) is 2.65. The van der Waals surface area contributed by atoms with Gasteiger partial charge in [-0.2, -0.15) is 5.10 Å². The third-order valence-corrected chi connectivity index (χ3v) is 7.04. The van der Waals surface area contributed by atoms with Crippen molar-refractivity contribution in [2.75, 3.05) is 6.54 Å². The first-order valence-electron chi connectivity index (χ1n) is 10.1. The number of rotatable bonds is 5. The Kier molecular flexibility index (Phi) is 3.50. The summed E-state index contributed by atoms with van der Waals surface area (Å²) < 4.78 is 1.91. The van der Waals surface area contributed by atoms with Crippen LogP contribution in [-0.4, -0.2) is 45.1 Å². The van der Waals surface area contributed by atoms with E-state index in [1.54, 1.807) is 6.20 Å². The molecule has 2 saturated carbocycles. The number of carbonyl (C=O) groups excluding carboxylic acids is 2. The van der Waals surface area contributed by atoms with Gasteiger partial charge in [0.1, 0.15) is 0 Å². The Morgan fingerprint density at radius 2 is 1.96 bits per heavy atom. The summed E-state index contributed by atoms with van der Waals surface area (Å²) >= 11 is 0. The van der Waals surface area contributed by atoms with Crippen LogP contribution in [0.3, 0.4) is 0 Å². The zero-order valence-corrected chi connectivity index (χ0v) is 15.6. The molecule has 4 atom stereocenters. The normalized spacial score (nSPS) is 34.2. The van der Waals surface area contributed by atoms with E-state index in [0.29, 0.717) is 42.1 Å². The minimum absolute atomic E-state index is 0.0409. The molecule has 0 spiro atoms. The SMILES string of the molecule is CC1(C)C[C@@H]1C(=O)N1C2CCC1C(CNC(=O)c1cnn(C3CC3)c1)C2. The summed E-state index contributed by atoms with van der Waals surface area (Å²) in [4.78, 5) is 27.5. The fourth-order valence-corrected chi connectivity index (χ4v) is 5.06. The molecular formula is C20H28N4O2. The first kappa shape index (κ1) is 16.3. The highest BCUT2D eigenvalue weighted by Gasteiger charge is 2.57. The van der Waals surface area contributed by atoms with Crippen LogP contribution in [0.4, 0.5) is 0 Å². The van der Waals surface area contributed by atoms with Gasteiger partial charge in [-0.25, -0.2) is 0 Å². The van der Waals surface area contributed by atoms with Crippen LogP contribution >= 0.6 is 0 Å². The molecule has 1 N–H and O–H groups in total. The molecule has 4 fully saturated rings. The second-order valence-electron chi connectivity index (χ2n) is 9.44. The molecule has 6 heteroatoms. The van der Waals surface area contributed by atoms with Crippen LogP contribution in [0.1, 0.15) is 68.8 Å². The molecule has 3 unspecified atom stereocenters. The van der Waals surface area contributed by atoms with E-state index in [2.05, 4.69) is 29.2 Å². The Labute approximate surface area is 154 Å². The van der Waals surface area contributed by atoms with Gasteiger partial charge < -0.3 is 10.2 Å². The van der Waals surface area contributed by atoms with Gasteiger partial charge in [0.25, 0.3) is 5.91 Å². The van der Waals surface area contributed by atoms with Gasteiger partial charge in [0, 0.05) is 30.7 Å². The lowest BCUT2D eigenvalue weighted by Crippen LogP contribution is -2.40. The Balaban J connectivity index is 1.19. The van der Waals surface area contributed by atoms with E-state index in [-0.39, 0.29) is 17.2 Å². The van der Waals surface area contributed by atoms with E-state index >= 15 is 0 Å². The molecule has 26 heavy (non-hydrogen) atoms. The summed E-state index contributed by atoms with van der Waals surface area (Å²) in [7, 11) is 0. The minimum atomic E-state index is -0.0409. The second-order valence-corrected chi connectivity index (χ2v) is 9.44. The monoisotopic (exact) mass is 356 g/mol. The summed E-state index contributed by atoms with van der Waals surface area (Å²) in [6.45, 7) is 5.03. The van der Waals surface area contributed by atoms with Crippen molar-refractivity contribution >= 4 is 11.8 Å². The lowest BCUT2D eigenvalue weighted by Gasteiger charge is -2.25. The molecule has 2 aliphatic carbocycles. The molecule has 3 heterocycles. The van der Waals surface area contributed by atoms with Gasteiger partial charge in [0.2, 0.25) is 5.91 Å². The smallest absolute Gasteiger partial charge is 0.254 e. The number of nitrogens with zero attached hydrogens (tertiary/aromatic N) is 3. The van der Waals surface area contributed by atoms with E-state index in [0.717, 1.165) is 38.5 Å². The van der Waals surface area contributed by atoms with Gasteiger partial charge in [-0.3, -0.25) is 14.3 Å². The maximum Gasteiger partial charge on any atom is 0.254 e. The van der Waals surface area contributed by atoms with Crippen molar-refractivity contribution in [1.82, 2.24) is 20.0 Å². The van der Waals surface area contributed by atoms with Crippen LogP contribution in [0.15, 0.2) is 12.4 Å². The number of carbonyl (C=O) groups is 2. The zero-order valence-electron chi connectivity index (χ0n) is 15.6. The quantitative estimate of drug-likeness (QED) is 0.881. The van der Waals surface area contributed by atoms with E-state index in [1.165, 1.54) is 0 Å². The Hall–Kier alpha value is -1.85. The average Bonchev–Trinajstić information content (AvgIpc) is 3.39. The molecule has 2 saturated heterocycles. The van der Waals surface area contributed by atoms with Crippen molar-refractivity contribution in [2.24, 2.45) is 17.3 Å². The van der Waals surface area contributed by atoms with Gasteiger partial charge in [-0.1, -0.05) is 13.8 Å². The first-order chi connectivity index (χ1) is 12.4. The van der Waals surface area contributed by atoms with Crippen LogP contribution in [-0.2, 0) is 4.79 Å².